The van der Waals surface area contributed by atoms with Crippen molar-refractivity contribution in [2.45, 2.75) is 6.54 Å². The Hall–Kier alpha value is -1.49. The molecule has 1 amide bonds. The van der Waals surface area contributed by atoms with Crippen molar-refractivity contribution in [1.82, 2.24) is 14.3 Å². The predicted molar refractivity (Wildman–Crippen MR) is 87.6 cm³/mol. The molecule has 0 saturated heterocycles. The van der Waals surface area contributed by atoms with Crippen molar-refractivity contribution in [3.05, 3.63) is 35.9 Å². The molecule has 8 nitrogen and oxygen atoms in total. The maximum absolute atomic E-state index is 11.8. The van der Waals surface area contributed by atoms with Crippen LogP contribution >= 0.6 is 0 Å². The van der Waals surface area contributed by atoms with Crippen molar-refractivity contribution in [1.29, 1.82) is 0 Å². The number of nitrogens with zero attached hydrogens (tertiary/aromatic N) is 1. The fraction of sp³-hybridized carbons (Fsp3) is 0.462. The van der Waals surface area contributed by atoms with Crippen molar-refractivity contribution in [2.24, 2.45) is 0 Å². The Morgan fingerprint density at radius 3 is 2.30 bits per heavy atom. The van der Waals surface area contributed by atoms with Crippen LogP contribution in [0.2, 0.25) is 0 Å². The van der Waals surface area contributed by atoms with Crippen molar-refractivity contribution in [2.75, 3.05) is 32.1 Å². The summed E-state index contributed by atoms with van der Waals surface area (Å²) in [6, 6.07) is 9.04. The highest BCUT2D eigenvalue weighted by atomic mass is 32.2. The number of carbonyl (C=O) groups excluding carboxylic acids is 1. The Labute approximate surface area is 137 Å². The quantitative estimate of drug-likeness (QED) is 0.591. The molecule has 0 saturated carbocycles. The first-order valence-corrected chi connectivity index (χ1v) is 10.3. The largest absolute Gasteiger partial charge is 0.354 e. The van der Waals surface area contributed by atoms with Gasteiger partial charge in [-0.15, -0.1) is 0 Å². The van der Waals surface area contributed by atoms with E-state index in [4.69, 9.17) is 0 Å². The molecule has 0 fully saturated rings. The Balaban J connectivity index is 2.35. The first-order valence-electron chi connectivity index (χ1n) is 6.79. The van der Waals surface area contributed by atoms with Crippen LogP contribution in [0.4, 0.5) is 0 Å². The van der Waals surface area contributed by atoms with Crippen LogP contribution in [-0.2, 0) is 31.4 Å². The van der Waals surface area contributed by atoms with E-state index < -0.39 is 26.0 Å². The summed E-state index contributed by atoms with van der Waals surface area (Å²) in [6.07, 6.45) is 0.984. The molecule has 1 aromatic rings. The van der Waals surface area contributed by atoms with Crippen LogP contribution in [0, 0.1) is 0 Å². The highest BCUT2D eigenvalue weighted by Crippen LogP contribution is 1.98. The molecule has 130 valence electrons. The van der Waals surface area contributed by atoms with E-state index in [2.05, 4.69) is 10.0 Å². The fourth-order valence-corrected chi connectivity index (χ4v) is 2.81. The Morgan fingerprint density at radius 2 is 1.74 bits per heavy atom. The van der Waals surface area contributed by atoms with Gasteiger partial charge in [-0.05, 0) is 5.56 Å². The van der Waals surface area contributed by atoms with Crippen LogP contribution in [0.25, 0.3) is 0 Å². The summed E-state index contributed by atoms with van der Waals surface area (Å²) in [5.74, 6) is -0.843. The number of hydrogen-bond donors (Lipinski definition) is 2. The average molecular weight is 363 g/mol. The van der Waals surface area contributed by atoms with Crippen LogP contribution in [0.1, 0.15) is 5.56 Å². The van der Waals surface area contributed by atoms with Gasteiger partial charge in [-0.1, -0.05) is 30.3 Å². The number of carbonyl (C=O) groups is 1. The lowest BCUT2D eigenvalue weighted by atomic mass is 10.2. The first-order chi connectivity index (χ1) is 10.6. The zero-order valence-corrected chi connectivity index (χ0v) is 14.7. The van der Waals surface area contributed by atoms with Crippen molar-refractivity contribution < 1.29 is 21.6 Å². The van der Waals surface area contributed by atoms with E-state index >= 15 is 0 Å². The number of nitrogens with one attached hydrogen (secondary N) is 2. The van der Waals surface area contributed by atoms with E-state index in [1.165, 1.54) is 7.05 Å². The standard InChI is InChI=1S/C13H21N3O5S2/c1-16(22(2,18)19)11-13(17)14-8-9-23(20,21)15-10-12-6-4-3-5-7-12/h3-7,15H,8-11H2,1-2H3,(H,14,17). The van der Waals surface area contributed by atoms with Crippen LogP contribution in [-0.4, -0.2) is 59.2 Å². The molecular weight excluding hydrogens is 342 g/mol. The lowest BCUT2D eigenvalue weighted by molar-refractivity contribution is -0.121. The van der Waals surface area contributed by atoms with Gasteiger partial charge in [-0.25, -0.2) is 21.6 Å². The molecule has 10 heteroatoms. The van der Waals surface area contributed by atoms with E-state index in [0.29, 0.717) is 0 Å². The molecule has 23 heavy (non-hydrogen) atoms. The van der Waals surface area contributed by atoms with E-state index in [0.717, 1.165) is 16.1 Å². The van der Waals surface area contributed by atoms with Crippen molar-refractivity contribution in [3.8, 4) is 0 Å². The minimum absolute atomic E-state index is 0.0967. The van der Waals surface area contributed by atoms with Crippen molar-refractivity contribution >= 4 is 26.0 Å². The van der Waals surface area contributed by atoms with Gasteiger partial charge in [-0.3, -0.25) is 4.79 Å². The third kappa shape index (κ3) is 8.07. The van der Waals surface area contributed by atoms with Gasteiger partial charge in [0.25, 0.3) is 0 Å². The number of hydrogen-bond acceptors (Lipinski definition) is 5. The summed E-state index contributed by atoms with van der Waals surface area (Å²) in [4.78, 5) is 11.5. The SMILES string of the molecule is CN(CC(=O)NCCS(=O)(=O)NCc1ccccc1)S(C)(=O)=O. The molecule has 1 rings (SSSR count). The molecule has 0 radical (unpaired) electrons. The van der Waals surface area contributed by atoms with E-state index in [1.54, 1.807) is 12.1 Å². The van der Waals surface area contributed by atoms with Crippen LogP contribution in [0.3, 0.4) is 0 Å². The molecule has 0 aliphatic heterocycles. The van der Waals surface area contributed by atoms with Gasteiger partial charge in [0.05, 0.1) is 18.6 Å². The summed E-state index contributed by atoms with van der Waals surface area (Å²) in [5, 5.41) is 2.38. The van der Waals surface area contributed by atoms with Crippen LogP contribution in [0.15, 0.2) is 30.3 Å². The van der Waals surface area contributed by atoms with Gasteiger partial charge < -0.3 is 5.32 Å². The second kappa shape index (κ2) is 8.39. The minimum atomic E-state index is -3.53. The van der Waals surface area contributed by atoms with Gasteiger partial charge in [0.2, 0.25) is 26.0 Å². The van der Waals surface area contributed by atoms with E-state index in [-0.39, 0.29) is 25.4 Å². The summed E-state index contributed by atoms with van der Waals surface area (Å²) in [6.45, 7) is -0.273. The third-order valence-electron chi connectivity index (χ3n) is 2.96. The number of likely N-dealkylation sites (N-methyl/N-ethyl adjacent to an activating group) is 1. The first kappa shape index (κ1) is 19.6. The highest BCUT2D eigenvalue weighted by molar-refractivity contribution is 7.89. The molecule has 0 bridgehead atoms. The fourth-order valence-electron chi connectivity index (χ4n) is 1.56. The zero-order chi connectivity index (χ0) is 17.5. The topological polar surface area (TPSA) is 113 Å². The molecule has 0 aliphatic carbocycles. The van der Waals surface area contributed by atoms with Gasteiger partial charge >= 0.3 is 0 Å². The number of rotatable bonds is 9. The molecule has 0 atom stereocenters. The molecule has 1 aromatic carbocycles. The van der Waals surface area contributed by atoms with Crippen LogP contribution in [0.5, 0.6) is 0 Å². The molecule has 0 spiro atoms. The number of amides is 1. The molecule has 0 aliphatic rings. The summed E-state index contributed by atoms with van der Waals surface area (Å²) < 4.78 is 49.2. The molecular formula is C13H21N3O5S2. The minimum Gasteiger partial charge on any atom is -0.354 e. The van der Waals surface area contributed by atoms with Gasteiger partial charge in [-0.2, -0.15) is 4.31 Å². The lowest BCUT2D eigenvalue weighted by Gasteiger charge is -2.13. The van der Waals surface area contributed by atoms with Gasteiger partial charge in [0, 0.05) is 20.1 Å². The maximum atomic E-state index is 11.8. The summed E-state index contributed by atoms with van der Waals surface area (Å²) in [5.41, 5.74) is 0.829. The third-order valence-corrected chi connectivity index (χ3v) is 5.55. The highest BCUT2D eigenvalue weighted by Gasteiger charge is 2.16. The monoisotopic (exact) mass is 363 g/mol. The molecule has 0 aromatic heterocycles. The smallest absolute Gasteiger partial charge is 0.235 e. The zero-order valence-electron chi connectivity index (χ0n) is 13.0. The van der Waals surface area contributed by atoms with Gasteiger partial charge in [0.1, 0.15) is 0 Å². The van der Waals surface area contributed by atoms with E-state index in [1.807, 2.05) is 18.2 Å². The Morgan fingerprint density at radius 1 is 1.13 bits per heavy atom. The second-order valence-corrected chi connectivity index (χ2v) is 9.01. The van der Waals surface area contributed by atoms with Crippen LogP contribution < -0.4 is 10.0 Å². The van der Waals surface area contributed by atoms with E-state index in [9.17, 15) is 21.6 Å². The Bertz CT molecular complexity index is 717. The average Bonchev–Trinajstić information content (AvgIpc) is 2.45. The van der Waals surface area contributed by atoms with Crippen molar-refractivity contribution in [3.63, 3.8) is 0 Å². The molecule has 2 N–H and O–H groups in total. The number of benzene rings is 1. The normalized spacial score (nSPS) is 12.3. The molecule has 0 unspecified atom stereocenters. The maximum Gasteiger partial charge on any atom is 0.235 e. The second-order valence-electron chi connectivity index (χ2n) is 4.99. The number of sulfonamides is 2. The molecule has 0 heterocycles. The Kier molecular flexibility index (Phi) is 7.13. The lowest BCUT2D eigenvalue weighted by Crippen LogP contribution is -2.40. The summed E-state index contributed by atoms with van der Waals surface area (Å²) >= 11 is 0. The van der Waals surface area contributed by atoms with Gasteiger partial charge in [0.15, 0.2) is 0 Å². The predicted octanol–water partition coefficient (Wildman–Crippen LogP) is -0.886. The summed E-state index contributed by atoms with van der Waals surface area (Å²) in [7, 11) is -5.71.